The highest BCUT2D eigenvalue weighted by molar-refractivity contribution is 5.78. The Morgan fingerprint density at radius 2 is 1.75 bits per heavy atom. The summed E-state index contributed by atoms with van der Waals surface area (Å²) in [4.78, 5) is 16.0. The Labute approximate surface area is 162 Å². The summed E-state index contributed by atoms with van der Waals surface area (Å²) in [5.74, 6) is 0.570. The Kier molecular flexibility index (Phi) is 5.82. The minimum absolute atomic E-state index is 0.0478. The number of hydrogen-bond acceptors (Lipinski definition) is 3. The maximum atomic E-state index is 12.9. The van der Waals surface area contributed by atoms with E-state index in [2.05, 4.69) is 0 Å². The summed E-state index contributed by atoms with van der Waals surface area (Å²) >= 11 is 0. The molecule has 2 aromatic carbocycles. The zero-order valence-electron chi connectivity index (χ0n) is 15.9. The zero-order valence-corrected chi connectivity index (χ0v) is 15.9. The molecule has 1 aliphatic heterocycles. The molecule has 150 valence electrons. The second kappa shape index (κ2) is 8.12. The van der Waals surface area contributed by atoms with Crippen LogP contribution in [0.2, 0.25) is 0 Å². The van der Waals surface area contributed by atoms with Crippen LogP contribution in [0, 0.1) is 13.8 Å². The van der Waals surface area contributed by atoms with Crippen molar-refractivity contribution < 1.29 is 22.7 Å². The van der Waals surface area contributed by atoms with Crippen LogP contribution >= 0.6 is 0 Å². The van der Waals surface area contributed by atoms with E-state index in [1.165, 1.54) is 6.07 Å². The molecule has 1 aliphatic rings. The minimum Gasteiger partial charge on any atom is -0.483 e. The molecule has 1 heterocycles. The number of hydrogen-bond donors (Lipinski definition) is 0. The van der Waals surface area contributed by atoms with Gasteiger partial charge in [-0.25, -0.2) is 0 Å². The Morgan fingerprint density at radius 1 is 1.04 bits per heavy atom. The van der Waals surface area contributed by atoms with Crippen molar-refractivity contribution in [1.82, 2.24) is 4.90 Å². The monoisotopic (exact) mass is 392 g/mol. The van der Waals surface area contributed by atoms with Crippen LogP contribution in [0.15, 0.2) is 42.5 Å². The molecule has 0 radical (unpaired) electrons. The first-order valence-electron chi connectivity index (χ1n) is 9.14. The highest BCUT2D eigenvalue weighted by Crippen LogP contribution is 2.31. The van der Waals surface area contributed by atoms with Gasteiger partial charge in [-0.1, -0.05) is 18.2 Å². The van der Waals surface area contributed by atoms with Crippen molar-refractivity contribution in [2.45, 2.75) is 20.0 Å². The molecular weight excluding hydrogens is 369 g/mol. The first-order valence-corrected chi connectivity index (χ1v) is 9.14. The van der Waals surface area contributed by atoms with E-state index in [9.17, 15) is 18.0 Å². The van der Waals surface area contributed by atoms with Crippen LogP contribution in [-0.2, 0) is 11.0 Å². The second-order valence-corrected chi connectivity index (χ2v) is 6.97. The summed E-state index contributed by atoms with van der Waals surface area (Å²) < 4.78 is 44.4. The molecule has 0 unspecified atom stereocenters. The summed E-state index contributed by atoms with van der Waals surface area (Å²) in [5.41, 5.74) is 1.88. The lowest BCUT2D eigenvalue weighted by molar-refractivity contribution is -0.137. The SMILES string of the molecule is Cc1ccc(C)c(OCC(=O)N2CCN(c3cccc(C(F)(F)F)c3)CC2)c1. The largest absolute Gasteiger partial charge is 0.483 e. The maximum Gasteiger partial charge on any atom is 0.416 e. The van der Waals surface area contributed by atoms with Gasteiger partial charge >= 0.3 is 6.18 Å². The number of rotatable bonds is 4. The van der Waals surface area contributed by atoms with Crippen molar-refractivity contribution in [3.63, 3.8) is 0 Å². The highest BCUT2D eigenvalue weighted by atomic mass is 19.4. The number of alkyl halides is 3. The van der Waals surface area contributed by atoms with E-state index >= 15 is 0 Å². The van der Waals surface area contributed by atoms with Crippen LogP contribution in [0.25, 0.3) is 0 Å². The third-order valence-electron chi connectivity index (χ3n) is 4.87. The van der Waals surface area contributed by atoms with E-state index in [1.807, 2.05) is 36.9 Å². The number of anilines is 1. The van der Waals surface area contributed by atoms with Gasteiger partial charge in [-0.05, 0) is 49.2 Å². The number of carbonyl (C=O) groups excluding carboxylic acids is 1. The van der Waals surface area contributed by atoms with Gasteiger partial charge in [0.1, 0.15) is 5.75 Å². The van der Waals surface area contributed by atoms with Crippen LogP contribution in [-0.4, -0.2) is 43.6 Å². The Balaban J connectivity index is 1.55. The number of nitrogens with zero attached hydrogens (tertiary/aromatic N) is 2. The van der Waals surface area contributed by atoms with Crippen molar-refractivity contribution in [3.05, 3.63) is 59.2 Å². The molecule has 7 heteroatoms. The Bertz CT molecular complexity index is 844. The van der Waals surface area contributed by atoms with E-state index in [1.54, 1.807) is 11.0 Å². The average Bonchev–Trinajstić information content (AvgIpc) is 2.68. The first kappa shape index (κ1) is 20.0. The molecule has 0 spiro atoms. The third kappa shape index (κ3) is 4.77. The van der Waals surface area contributed by atoms with E-state index in [-0.39, 0.29) is 12.5 Å². The summed E-state index contributed by atoms with van der Waals surface area (Å²) in [7, 11) is 0. The normalized spacial score (nSPS) is 14.9. The van der Waals surface area contributed by atoms with Gasteiger partial charge in [0, 0.05) is 31.9 Å². The molecule has 0 N–H and O–H groups in total. The number of carbonyl (C=O) groups is 1. The van der Waals surface area contributed by atoms with Gasteiger partial charge < -0.3 is 14.5 Å². The quantitative estimate of drug-likeness (QED) is 0.787. The number of benzene rings is 2. The standard InChI is InChI=1S/C21H23F3N2O2/c1-15-6-7-16(2)19(12-15)28-14-20(27)26-10-8-25(9-11-26)18-5-3-4-17(13-18)21(22,23)24/h3-7,12-13H,8-11,14H2,1-2H3. The average molecular weight is 392 g/mol. The molecule has 0 bridgehead atoms. The summed E-state index contributed by atoms with van der Waals surface area (Å²) in [6.07, 6.45) is -4.36. The topological polar surface area (TPSA) is 32.8 Å². The van der Waals surface area contributed by atoms with Crippen LogP contribution in [0.4, 0.5) is 18.9 Å². The van der Waals surface area contributed by atoms with E-state index in [0.717, 1.165) is 23.3 Å². The molecule has 0 atom stereocenters. The molecule has 28 heavy (non-hydrogen) atoms. The fraction of sp³-hybridized carbons (Fsp3) is 0.381. The van der Waals surface area contributed by atoms with Crippen molar-refractivity contribution in [1.29, 1.82) is 0 Å². The summed E-state index contributed by atoms with van der Waals surface area (Å²) in [5, 5.41) is 0. The molecule has 0 aliphatic carbocycles. The maximum absolute atomic E-state index is 12.9. The molecule has 1 amide bonds. The molecule has 3 rings (SSSR count). The molecule has 0 saturated carbocycles. The summed E-state index contributed by atoms with van der Waals surface area (Å²) in [6, 6.07) is 11.1. The predicted octanol–water partition coefficient (Wildman–Crippen LogP) is 4.05. The highest BCUT2D eigenvalue weighted by Gasteiger charge is 2.31. The smallest absolute Gasteiger partial charge is 0.416 e. The third-order valence-corrected chi connectivity index (χ3v) is 4.87. The van der Waals surface area contributed by atoms with Gasteiger partial charge in [-0.15, -0.1) is 0 Å². The van der Waals surface area contributed by atoms with Crippen LogP contribution in [0.3, 0.4) is 0 Å². The van der Waals surface area contributed by atoms with E-state index in [4.69, 9.17) is 4.74 Å². The van der Waals surface area contributed by atoms with Gasteiger partial charge in [0.05, 0.1) is 5.56 Å². The lowest BCUT2D eigenvalue weighted by atomic mass is 10.1. The van der Waals surface area contributed by atoms with E-state index < -0.39 is 11.7 Å². The van der Waals surface area contributed by atoms with Crippen LogP contribution < -0.4 is 9.64 Å². The lowest BCUT2D eigenvalue weighted by Crippen LogP contribution is -2.50. The number of piperazine rings is 1. The van der Waals surface area contributed by atoms with Crippen molar-refractivity contribution in [3.8, 4) is 5.75 Å². The lowest BCUT2D eigenvalue weighted by Gasteiger charge is -2.36. The molecule has 1 saturated heterocycles. The van der Waals surface area contributed by atoms with E-state index in [0.29, 0.717) is 37.6 Å². The number of halogens is 3. The Hall–Kier alpha value is -2.70. The van der Waals surface area contributed by atoms with Crippen LogP contribution in [0.5, 0.6) is 5.75 Å². The van der Waals surface area contributed by atoms with Gasteiger partial charge in [0.2, 0.25) is 0 Å². The zero-order chi connectivity index (χ0) is 20.3. The van der Waals surface area contributed by atoms with Gasteiger partial charge in [-0.2, -0.15) is 13.2 Å². The van der Waals surface area contributed by atoms with Crippen molar-refractivity contribution in [2.24, 2.45) is 0 Å². The van der Waals surface area contributed by atoms with Gasteiger partial charge in [-0.3, -0.25) is 4.79 Å². The predicted molar refractivity (Wildman–Crippen MR) is 102 cm³/mol. The molecule has 2 aromatic rings. The number of aryl methyl sites for hydroxylation is 2. The minimum atomic E-state index is -4.36. The molecule has 0 aromatic heterocycles. The van der Waals surface area contributed by atoms with Crippen LogP contribution in [0.1, 0.15) is 16.7 Å². The van der Waals surface area contributed by atoms with Gasteiger partial charge in [0.15, 0.2) is 6.61 Å². The van der Waals surface area contributed by atoms with Crippen molar-refractivity contribution in [2.75, 3.05) is 37.7 Å². The fourth-order valence-corrected chi connectivity index (χ4v) is 3.19. The first-order chi connectivity index (χ1) is 13.2. The van der Waals surface area contributed by atoms with Gasteiger partial charge in [0.25, 0.3) is 5.91 Å². The van der Waals surface area contributed by atoms with Crippen molar-refractivity contribution >= 4 is 11.6 Å². The molecule has 1 fully saturated rings. The second-order valence-electron chi connectivity index (χ2n) is 6.97. The summed E-state index contributed by atoms with van der Waals surface area (Å²) in [6.45, 7) is 5.70. The Morgan fingerprint density at radius 3 is 2.43 bits per heavy atom. The number of ether oxygens (including phenoxy) is 1. The molecule has 4 nitrogen and oxygen atoms in total. The fourth-order valence-electron chi connectivity index (χ4n) is 3.19. The number of amides is 1. The molecular formula is C21H23F3N2O2.